The average Bonchev–Trinajstić information content (AvgIpc) is 2.75. The first kappa shape index (κ1) is 9.43. The molecule has 0 saturated carbocycles. The highest BCUT2D eigenvalue weighted by Crippen LogP contribution is 2.21. The van der Waals surface area contributed by atoms with Crippen LogP contribution in [0.25, 0.3) is 0 Å². The largest absolute Gasteiger partial charge is 0.472 e. The van der Waals surface area contributed by atoms with Gasteiger partial charge in [0.15, 0.2) is 0 Å². The molecule has 3 nitrogen and oxygen atoms in total. The summed E-state index contributed by atoms with van der Waals surface area (Å²) < 4.78 is 4.93. The second-order valence-corrected chi connectivity index (χ2v) is 4.07. The smallest absolute Gasteiger partial charge is 0.122 e. The van der Waals surface area contributed by atoms with Gasteiger partial charge in [-0.2, -0.15) is 0 Å². The molecule has 0 saturated heterocycles. The van der Waals surface area contributed by atoms with Gasteiger partial charge in [-0.15, -0.1) is 11.3 Å². The van der Waals surface area contributed by atoms with E-state index in [0.717, 1.165) is 16.3 Å². The molecule has 2 aromatic heterocycles. The lowest BCUT2D eigenvalue weighted by Crippen LogP contribution is -2.00. The lowest BCUT2D eigenvalue weighted by Gasteiger charge is -2.04. The molecular formula is C10H11NO2S. The first-order chi connectivity index (χ1) is 6.75. The third-order valence-electron chi connectivity index (χ3n) is 1.93. The van der Waals surface area contributed by atoms with Crippen LogP contribution in [0.3, 0.4) is 0 Å². The molecular weight excluding hydrogens is 198 g/mol. The normalized spacial score (nSPS) is 13.0. The summed E-state index contributed by atoms with van der Waals surface area (Å²) in [5.74, 6) is 0. The molecule has 0 bridgehead atoms. The Morgan fingerprint density at radius 1 is 1.64 bits per heavy atom. The van der Waals surface area contributed by atoms with Crippen molar-refractivity contribution in [3.8, 4) is 0 Å². The fraction of sp³-hybridized carbons (Fsp3) is 0.300. The zero-order valence-corrected chi connectivity index (χ0v) is 8.62. The molecule has 0 fully saturated rings. The Balaban J connectivity index is 2.06. The minimum atomic E-state index is -0.522. The molecule has 2 rings (SSSR count). The molecule has 74 valence electrons. The standard InChI is InChI=1S/C10H11NO2S/c1-7-6-14-10(11-7)9(12)4-8-2-3-13-5-8/h2-3,5-6,9,12H,4H2,1H3. The molecule has 0 aliphatic carbocycles. The quantitative estimate of drug-likeness (QED) is 0.843. The second-order valence-electron chi connectivity index (χ2n) is 3.18. The van der Waals surface area contributed by atoms with Gasteiger partial charge < -0.3 is 9.52 Å². The van der Waals surface area contributed by atoms with Crippen molar-refractivity contribution in [3.05, 3.63) is 40.2 Å². The molecule has 4 heteroatoms. The maximum absolute atomic E-state index is 9.81. The molecule has 1 unspecified atom stereocenters. The highest BCUT2D eigenvalue weighted by atomic mass is 32.1. The van der Waals surface area contributed by atoms with Crippen molar-refractivity contribution in [1.82, 2.24) is 4.98 Å². The molecule has 14 heavy (non-hydrogen) atoms. The van der Waals surface area contributed by atoms with E-state index in [-0.39, 0.29) is 0 Å². The lowest BCUT2D eigenvalue weighted by atomic mass is 10.1. The summed E-state index contributed by atoms with van der Waals surface area (Å²) in [5.41, 5.74) is 1.95. The highest BCUT2D eigenvalue weighted by Gasteiger charge is 2.12. The minimum absolute atomic E-state index is 0.522. The van der Waals surface area contributed by atoms with E-state index in [1.165, 1.54) is 11.3 Å². The molecule has 0 radical (unpaired) electrons. The van der Waals surface area contributed by atoms with Crippen molar-refractivity contribution >= 4 is 11.3 Å². The number of nitrogens with zero attached hydrogens (tertiary/aromatic N) is 1. The van der Waals surface area contributed by atoms with E-state index in [1.807, 2.05) is 18.4 Å². The van der Waals surface area contributed by atoms with Gasteiger partial charge in [-0.3, -0.25) is 0 Å². The van der Waals surface area contributed by atoms with Crippen molar-refractivity contribution in [2.45, 2.75) is 19.4 Å². The Hall–Kier alpha value is -1.13. The zero-order valence-electron chi connectivity index (χ0n) is 7.80. The van der Waals surface area contributed by atoms with Gasteiger partial charge >= 0.3 is 0 Å². The van der Waals surface area contributed by atoms with Crippen LogP contribution < -0.4 is 0 Å². The number of rotatable bonds is 3. The summed E-state index contributed by atoms with van der Waals surface area (Å²) in [4.78, 5) is 4.23. The fourth-order valence-electron chi connectivity index (χ4n) is 1.24. The topological polar surface area (TPSA) is 46.3 Å². The molecule has 0 aliphatic rings. The molecule has 2 aromatic rings. The number of hydrogen-bond acceptors (Lipinski definition) is 4. The molecule has 1 atom stereocenters. The average molecular weight is 209 g/mol. The maximum atomic E-state index is 9.81. The Labute approximate surface area is 86.0 Å². The predicted octanol–water partition coefficient (Wildman–Crippen LogP) is 2.32. The Morgan fingerprint density at radius 3 is 3.07 bits per heavy atom. The maximum Gasteiger partial charge on any atom is 0.122 e. The number of aliphatic hydroxyl groups is 1. The van der Waals surface area contributed by atoms with Crippen LogP contribution >= 0.6 is 11.3 Å². The Morgan fingerprint density at radius 2 is 2.50 bits per heavy atom. The molecule has 0 aromatic carbocycles. The van der Waals surface area contributed by atoms with Crippen LogP contribution in [0.4, 0.5) is 0 Å². The summed E-state index contributed by atoms with van der Waals surface area (Å²) >= 11 is 1.49. The summed E-state index contributed by atoms with van der Waals surface area (Å²) in [7, 11) is 0. The van der Waals surface area contributed by atoms with Crippen LogP contribution in [0.1, 0.15) is 22.4 Å². The van der Waals surface area contributed by atoms with Crippen LogP contribution in [0, 0.1) is 6.92 Å². The Kier molecular flexibility index (Phi) is 2.65. The number of hydrogen-bond donors (Lipinski definition) is 1. The molecule has 1 N–H and O–H groups in total. The molecule has 0 spiro atoms. The van der Waals surface area contributed by atoms with Crippen LogP contribution in [0.5, 0.6) is 0 Å². The van der Waals surface area contributed by atoms with Gasteiger partial charge in [-0.05, 0) is 18.6 Å². The van der Waals surface area contributed by atoms with Gasteiger partial charge in [0, 0.05) is 17.5 Å². The first-order valence-corrected chi connectivity index (χ1v) is 5.25. The van der Waals surface area contributed by atoms with Gasteiger partial charge in [0.05, 0.1) is 12.5 Å². The minimum Gasteiger partial charge on any atom is -0.472 e. The fourth-order valence-corrected chi connectivity index (χ4v) is 2.03. The van der Waals surface area contributed by atoms with Crippen LogP contribution in [-0.2, 0) is 6.42 Å². The molecule has 0 aliphatic heterocycles. The van der Waals surface area contributed by atoms with Gasteiger partial charge in [-0.1, -0.05) is 0 Å². The van der Waals surface area contributed by atoms with Crippen LogP contribution in [0.2, 0.25) is 0 Å². The SMILES string of the molecule is Cc1csc(C(O)Cc2ccoc2)n1. The number of thiazole rings is 1. The second kappa shape index (κ2) is 3.94. The lowest BCUT2D eigenvalue weighted by molar-refractivity contribution is 0.177. The highest BCUT2D eigenvalue weighted by molar-refractivity contribution is 7.09. The van der Waals surface area contributed by atoms with E-state index in [2.05, 4.69) is 4.98 Å². The first-order valence-electron chi connectivity index (χ1n) is 4.37. The number of aryl methyl sites for hydroxylation is 1. The number of furan rings is 1. The van der Waals surface area contributed by atoms with E-state index in [4.69, 9.17) is 4.42 Å². The van der Waals surface area contributed by atoms with E-state index in [1.54, 1.807) is 12.5 Å². The zero-order chi connectivity index (χ0) is 9.97. The van der Waals surface area contributed by atoms with Crippen molar-refractivity contribution in [3.63, 3.8) is 0 Å². The number of aliphatic hydroxyl groups excluding tert-OH is 1. The van der Waals surface area contributed by atoms with Crippen molar-refractivity contribution in [2.75, 3.05) is 0 Å². The summed E-state index contributed by atoms with van der Waals surface area (Å²) in [6.07, 6.45) is 3.29. The van der Waals surface area contributed by atoms with Gasteiger partial charge in [-0.25, -0.2) is 4.98 Å². The third-order valence-corrected chi connectivity index (χ3v) is 2.99. The van der Waals surface area contributed by atoms with Crippen molar-refractivity contribution in [1.29, 1.82) is 0 Å². The molecule has 2 heterocycles. The third kappa shape index (κ3) is 2.02. The van der Waals surface area contributed by atoms with Gasteiger partial charge in [0.2, 0.25) is 0 Å². The van der Waals surface area contributed by atoms with E-state index >= 15 is 0 Å². The van der Waals surface area contributed by atoms with Crippen LogP contribution in [-0.4, -0.2) is 10.1 Å². The van der Waals surface area contributed by atoms with Crippen LogP contribution in [0.15, 0.2) is 28.4 Å². The monoisotopic (exact) mass is 209 g/mol. The summed E-state index contributed by atoms with van der Waals surface area (Å²) in [6, 6.07) is 1.85. The van der Waals surface area contributed by atoms with E-state index in [9.17, 15) is 5.11 Å². The Bertz CT molecular complexity index is 394. The van der Waals surface area contributed by atoms with Gasteiger partial charge in [0.1, 0.15) is 11.1 Å². The van der Waals surface area contributed by atoms with Gasteiger partial charge in [0.25, 0.3) is 0 Å². The van der Waals surface area contributed by atoms with E-state index in [0.29, 0.717) is 6.42 Å². The molecule has 0 amide bonds. The van der Waals surface area contributed by atoms with Crippen molar-refractivity contribution < 1.29 is 9.52 Å². The predicted molar refractivity (Wildman–Crippen MR) is 54.2 cm³/mol. The van der Waals surface area contributed by atoms with Crippen molar-refractivity contribution in [2.24, 2.45) is 0 Å². The number of aromatic nitrogens is 1. The van der Waals surface area contributed by atoms with E-state index < -0.39 is 6.10 Å². The summed E-state index contributed by atoms with van der Waals surface area (Å²) in [6.45, 7) is 1.92. The summed E-state index contributed by atoms with van der Waals surface area (Å²) in [5, 5.41) is 12.5.